The fraction of sp³-hybridized carbons (Fsp3) is 0.263. The van der Waals surface area contributed by atoms with Crippen molar-refractivity contribution >= 4 is 43.8 Å². The number of amides is 1. The first-order valence-electron chi connectivity index (χ1n) is 8.80. The Balaban J connectivity index is 1.34. The molecule has 4 aromatic rings. The summed E-state index contributed by atoms with van der Waals surface area (Å²) < 4.78 is 2.64. The highest BCUT2D eigenvalue weighted by Gasteiger charge is 2.28. The zero-order chi connectivity index (χ0) is 18.4. The third kappa shape index (κ3) is 2.85. The summed E-state index contributed by atoms with van der Waals surface area (Å²) in [5, 5.41) is 2.94. The van der Waals surface area contributed by atoms with Crippen molar-refractivity contribution in [2.75, 3.05) is 13.1 Å². The second kappa shape index (κ2) is 6.54. The lowest BCUT2D eigenvalue weighted by Crippen LogP contribution is -2.40. The number of hydrogen-bond donors (Lipinski definition) is 0. The lowest BCUT2D eigenvalue weighted by Gasteiger charge is -2.30. The molecule has 0 aliphatic carbocycles. The van der Waals surface area contributed by atoms with Crippen LogP contribution < -0.4 is 5.56 Å². The quantitative estimate of drug-likeness (QED) is 0.521. The van der Waals surface area contributed by atoms with Crippen molar-refractivity contribution < 1.29 is 4.79 Å². The number of nitrogens with zero attached hydrogens (tertiary/aromatic N) is 4. The van der Waals surface area contributed by atoms with Crippen LogP contribution in [0.1, 0.15) is 34.1 Å². The standard InChI is InChI=1S/C19H16N4O2S2/c24-17(13-11-20-19-23(18(13)25)9-10-26-19)22-7-5-12(6-8-22)16-21-14-3-1-2-4-15(14)27-16/h1-4,9-12H,5-8H2. The van der Waals surface area contributed by atoms with E-state index in [-0.39, 0.29) is 17.0 Å². The molecule has 3 aromatic heterocycles. The van der Waals surface area contributed by atoms with Gasteiger partial charge < -0.3 is 4.90 Å². The zero-order valence-corrected chi connectivity index (χ0v) is 16.0. The van der Waals surface area contributed by atoms with Crippen molar-refractivity contribution in [2.24, 2.45) is 0 Å². The van der Waals surface area contributed by atoms with Crippen LogP contribution in [0.25, 0.3) is 15.2 Å². The van der Waals surface area contributed by atoms with Crippen molar-refractivity contribution in [1.29, 1.82) is 0 Å². The monoisotopic (exact) mass is 396 g/mol. The van der Waals surface area contributed by atoms with Crippen LogP contribution in [-0.4, -0.2) is 38.3 Å². The van der Waals surface area contributed by atoms with E-state index >= 15 is 0 Å². The predicted octanol–water partition coefficient (Wildman–Crippen LogP) is 3.39. The second-order valence-corrected chi connectivity index (χ2v) is 8.55. The number of para-hydroxylation sites is 1. The molecule has 0 N–H and O–H groups in total. The van der Waals surface area contributed by atoms with Crippen LogP contribution in [0.2, 0.25) is 0 Å². The first-order valence-corrected chi connectivity index (χ1v) is 10.5. The van der Waals surface area contributed by atoms with Crippen LogP contribution in [0.15, 0.2) is 46.8 Å². The molecule has 0 radical (unpaired) electrons. The van der Waals surface area contributed by atoms with E-state index in [1.54, 1.807) is 27.8 Å². The van der Waals surface area contributed by atoms with E-state index < -0.39 is 0 Å². The van der Waals surface area contributed by atoms with Crippen LogP contribution in [0, 0.1) is 0 Å². The third-order valence-electron chi connectivity index (χ3n) is 5.02. The number of carbonyl (C=O) groups is 1. The molecule has 5 rings (SSSR count). The van der Waals surface area contributed by atoms with E-state index in [0.717, 1.165) is 23.4 Å². The Morgan fingerprint density at radius 1 is 1.19 bits per heavy atom. The number of piperidine rings is 1. The Morgan fingerprint density at radius 2 is 2.00 bits per heavy atom. The highest BCUT2D eigenvalue weighted by atomic mass is 32.1. The summed E-state index contributed by atoms with van der Waals surface area (Å²) in [5.41, 5.74) is 0.892. The van der Waals surface area contributed by atoms with Crippen molar-refractivity contribution in [1.82, 2.24) is 19.3 Å². The van der Waals surface area contributed by atoms with Gasteiger partial charge in [-0.2, -0.15) is 0 Å². The molecule has 1 fully saturated rings. The molecule has 0 unspecified atom stereocenters. The number of benzene rings is 1. The molecule has 0 atom stereocenters. The second-order valence-electron chi connectivity index (χ2n) is 6.62. The van der Waals surface area contributed by atoms with Crippen LogP contribution in [-0.2, 0) is 0 Å². The van der Waals surface area contributed by atoms with Crippen LogP contribution in [0.5, 0.6) is 0 Å². The van der Waals surface area contributed by atoms with Gasteiger partial charge in [-0.1, -0.05) is 12.1 Å². The summed E-state index contributed by atoms with van der Waals surface area (Å²) in [6.45, 7) is 1.26. The Bertz CT molecular complexity index is 1170. The van der Waals surface area contributed by atoms with Crippen molar-refractivity contribution in [2.45, 2.75) is 18.8 Å². The average Bonchev–Trinajstić information content (AvgIpc) is 3.35. The Morgan fingerprint density at radius 3 is 2.81 bits per heavy atom. The smallest absolute Gasteiger partial charge is 0.271 e. The van der Waals surface area contributed by atoms with Gasteiger partial charge in [-0.3, -0.25) is 14.0 Å². The summed E-state index contributed by atoms with van der Waals surface area (Å²) in [5.74, 6) is 0.140. The topological polar surface area (TPSA) is 67.6 Å². The van der Waals surface area contributed by atoms with E-state index in [1.165, 1.54) is 26.6 Å². The molecule has 136 valence electrons. The largest absolute Gasteiger partial charge is 0.338 e. The predicted molar refractivity (Wildman–Crippen MR) is 107 cm³/mol. The summed E-state index contributed by atoms with van der Waals surface area (Å²) in [7, 11) is 0. The molecule has 1 aliphatic rings. The lowest BCUT2D eigenvalue weighted by atomic mass is 9.97. The molecule has 8 heteroatoms. The number of thiazole rings is 2. The van der Waals surface area contributed by atoms with Gasteiger partial charge in [0, 0.05) is 36.8 Å². The molecular weight excluding hydrogens is 380 g/mol. The maximum atomic E-state index is 12.8. The molecule has 0 saturated carbocycles. The molecule has 4 heterocycles. The van der Waals surface area contributed by atoms with Crippen LogP contribution in [0.3, 0.4) is 0 Å². The Kier molecular flexibility index (Phi) is 4.02. The van der Waals surface area contributed by atoms with Gasteiger partial charge in [-0.05, 0) is 25.0 Å². The van der Waals surface area contributed by atoms with Crippen molar-refractivity contribution in [3.05, 3.63) is 63.0 Å². The SMILES string of the molecule is O=C(c1cnc2sccn2c1=O)N1CCC(c2nc3ccccc3s2)CC1. The first-order chi connectivity index (χ1) is 13.2. The van der Waals surface area contributed by atoms with Gasteiger partial charge in [-0.25, -0.2) is 9.97 Å². The summed E-state index contributed by atoms with van der Waals surface area (Å²) in [4.78, 5) is 36.7. The van der Waals surface area contributed by atoms with E-state index in [1.807, 2.05) is 18.2 Å². The summed E-state index contributed by atoms with van der Waals surface area (Å²) in [6, 6.07) is 8.16. The van der Waals surface area contributed by atoms with Gasteiger partial charge in [0.2, 0.25) is 0 Å². The van der Waals surface area contributed by atoms with Gasteiger partial charge >= 0.3 is 0 Å². The van der Waals surface area contributed by atoms with Crippen LogP contribution >= 0.6 is 22.7 Å². The number of aromatic nitrogens is 3. The lowest BCUT2D eigenvalue weighted by molar-refractivity contribution is 0.0710. The third-order valence-corrected chi connectivity index (χ3v) is 6.98. The number of rotatable bonds is 2. The molecule has 27 heavy (non-hydrogen) atoms. The van der Waals surface area contributed by atoms with Gasteiger partial charge in [0.15, 0.2) is 4.96 Å². The highest BCUT2D eigenvalue weighted by molar-refractivity contribution is 7.18. The molecule has 1 amide bonds. The minimum atomic E-state index is -0.292. The Hall–Kier alpha value is -2.58. The molecule has 6 nitrogen and oxygen atoms in total. The average molecular weight is 396 g/mol. The maximum absolute atomic E-state index is 12.8. The fourth-order valence-electron chi connectivity index (χ4n) is 3.54. The minimum absolute atomic E-state index is 0.143. The summed E-state index contributed by atoms with van der Waals surface area (Å²) >= 11 is 3.12. The molecular formula is C19H16N4O2S2. The van der Waals surface area contributed by atoms with Gasteiger partial charge in [0.05, 0.1) is 15.2 Å². The molecule has 0 bridgehead atoms. The van der Waals surface area contributed by atoms with Crippen molar-refractivity contribution in [3.8, 4) is 0 Å². The summed E-state index contributed by atoms with van der Waals surface area (Å²) in [6.07, 6.45) is 4.80. The van der Waals surface area contributed by atoms with Gasteiger partial charge in [0.25, 0.3) is 11.5 Å². The number of fused-ring (bicyclic) bond motifs is 2. The maximum Gasteiger partial charge on any atom is 0.271 e. The van der Waals surface area contributed by atoms with Crippen LogP contribution in [0.4, 0.5) is 0 Å². The normalized spacial score (nSPS) is 15.6. The zero-order valence-electron chi connectivity index (χ0n) is 14.4. The number of likely N-dealkylation sites (tertiary alicyclic amines) is 1. The Labute approximate surface area is 162 Å². The van der Waals surface area contributed by atoms with Gasteiger partial charge in [-0.15, -0.1) is 22.7 Å². The first kappa shape index (κ1) is 16.6. The number of hydrogen-bond acceptors (Lipinski definition) is 6. The van der Waals surface area contributed by atoms with Crippen molar-refractivity contribution in [3.63, 3.8) is 0 Å². The number of carbonyl (C=O) groups excluding carboxylic acids is 1. The molecule has 1 aliphatic heterocycles. The highest BCUT2D eigenvalue weighted by Crippen LogP contribution is 2.34. The van der Waals surface area contributed by atoms with Gasteiger partial charge in [0.1, 0.15) is 5.56 Å². The van der Waals surface area contributed by atoms with E-state index in [9.17, 15) is 9.59 Å². The molecule has 1 saturated heterocycles. The van der Waals surface area contributed by atoms with E-state index in [4.69, 9.17) is 4.98 Å². The minimum Gasteiger partial charge on any atom is -0.338 e. The van der Waals surface area contributed by atoms with E-state index in [0.29, 0.717) is 24.0 Å². The fourth-order valence-corrected chi connectivity index (χ4v) is 5.35. The molecule has 1 aromatic carbocycles. The van der Waals surface area contributed by atoms with E-state index in [2.05, 4.69) is 11.1 Å². The molecule has 0 spiro atoms.